The molecular weight excluding hydrogens is 394 g/mol. The van der Waals surface area contributed by atoms with Gasteiger partial charge in [0.1, 0.15) is 17.4 Å². The van der Waals surface area contributed by atoms with Gasteiger partial charge in [0.05, 0.1) is 11.6 Å². The van der Waals surface area contributed by atoms with Crippen molar-refractivity contribution in [3.05, 3.63) is 107 Å². The Morgan fingerprint density at radius 2 is 1.52 bits per heavy atom. The molecule has 1 atom stereocenters. The van der Waals surface area contributed by atoms with Gasteiger partial charge in [-0.05, 0) is 47.0 Å². The minimum atomic E-state index is -0.348. The van der Waals surface area contributed by atoms with E-state index in [-0.39, 0.29) is 29.3 Å². The van der Waals surface area contributed by atoms with Gasteiger partial charge in [0, 0.05) is 37.9 Å². The molecule has 0 aliphatic carbocycles. The van der Waals surface area contributed by atoms with Crippen LogP contribution in [0.4, 0.5) is 8.78 Å². The lowest BCUT2D eigenvalue weighted by Gasteiger charge is -2.36. The number of rotatable bonds is 5. The van der Waals surface area contributed by atoms with Crippen molar-refractivity contribution in [1.29, 1.82) is 5.26 Å². The Bertz CT molecular complexity index is 1060. The molecule has 0 bridgehead atoms. The SMILES string of the molecule is N#Cc1ccccc1CN1CCC(=O)C(C(c2ccc(F)cc2)c2ccc(F)cc2)C1. The van der Waals surface area contributed by atoms with Crippen LogP contribution in [0.3, 0.4) is 0 Å². The molecule has 1 aliphatic rings. The molecule has 4 rings (SSSR count). The molecule has 5 heteroatoms. The summed E-state index contributed by atoms with van der Waals surface area (Å²) in [6.07, 6.45) is 0.401. The molecule has 1 fully saturated rings. The second kappa shape index (κ2) is 9.20. The second-order valence-corrected chi connectivity index (χ2v) is 7.91. The summed E-state index contributed by atoms with van der Waals surface area (Å²) in [5.41, 5.74) is 3.21. The number of benzene rings is 3. The largest absolute Gasteiger partial charge is 0.299 e. The molecule has 0 N–H and O–H groups in total. The highest BCUT2D eigenvalue weighted by Crippen LogP contribution is 2.36. The van der Waals surface area contributed by atoms with Crippen LogP contribution in [-0.2, 0) is 11.3 Å². The molecule has 0 aromatic heterocycles. The summed E-state index contributed by atoms with van der Waals surface area (Å²) in [4.78, 5) is 15.2. The number of ketones is 1. The van der Waals surface area contributed by atoms with E-state index in [1.807, 2.05) is 18.2 Å². The Morgan fingerprint density at radius 1 is 0.935 bits per heavy atom. The second-order valence-electron chi connectivity index (χ2n) is 7.91. The average molecular weight is 416 g/mol. The smallest absolute Gasteiger partial charge is 0.139 e. The van der Waals surface area contributed by atoms with Crippen LogP contribution in [-0.4, -0.2) is 23.8 Å². The number of piperidine rings is 1. The third-order valence-corrected chi connectivity index (χ3v) is 5.94. The Kier molecular flexibility index (Phi) is 6.20. The van der Waals surface area contributed by atoms with Crippen LogP contribution < -0.4 is 0 Å². The standard InChI is InChI=1S/C26H22F2N2O/c27-22-9-5-18(6-10-22)26(19-7-11-23(28)12-8-19)24-17-30(14-13-25(24)31)16-21-4-2-1-3-20(21)15-29/h1-12,24,26H,13-14,16-17H2. The van der Waals surface area contributed by atoms with Gasteiger partial charge in [0.15, 0.2) is 0 Å². The fourth-order valence-electron chi connectivity index (χ4n) is 4.37. The molecule has 1 aliphatic heterocycles. The van der Waals surface area contributed by atoms with Gasteiger partial charge >= 0.3 is 0 Å². The van der Waals surface area contributed by atoms with E-state index in [2.05, 4.69) is 11.0 Å². The third kappa shape index (κ3) is 4.70. The van der Waals surface area contributed by atoms with E-state index in [4.69, 9.17) is 0 Å². The molecule has 1 saturated heterocycles. The molecule has 0 saturated carbocycles. The molecule has 1 heterocycles. The first-order valence-electron chi connectivity index (χ1n) is 10.3. The van der Waals surface area contributed by atoms with Gasteiger partial charge in [-0.1, -0.05) is 42.5 Å². The summed E-state index contributed by atoms with van der Waals surface area (Å²) >= 11 is 0. The average Bonchev–Trinajstić information content (AvgIpc) is 2.79. The zero-order chi connectivity index (χ0) is 21.8. The Morgan fingerprint density at radius 3 is 2.10 bits per heavy atom. The van der Waals surface area contributed by atoms with E-state index < -0.39 is 0 Å². The minimum Gasteiger partial charge on any atom is -0.299 e. The number of halogens is 2. The molecule has 3 aromatic carbocycles. The van der Waals surface area contributed by atoms with Crippen LogP contribution in [0.25, 0.3) is 0 Å². The van der Waals surface area contributed by atoms with E-state index in [1.165, 1.54) is 24.3 Å². The van der Waals surface area contributed by atoms with E-state index in [0.29, 0.717) is 31.6 Å². The van der Waals surface area contributed by atoms with Crippen LogP contribution in [0.15, 0.2) is 72.8 Å². The van der Waals surface area contributed by atoms with Crippen molar-refractivity contribution in [1.82, 2.24) is 4.90 Å². The summed E-state index contributed by atoms with van der Waals surface area (Å²) in [6.45, 7) is 1.71. The minimum absolute atomic E-state index is 0.142. The van der Waals surface area contributed by atoms with Crippen molar-refractivity contribution in [3.8, 4) is 6.07 Å². The molecule has 0 amide bonds. The van der Waals surface area contributed by atoms with Crippen LogP contribution >= 0.6 is 0 Å². The Hall–Kier alpha value is -3.36. The molecular formula is C26H22F2N2O. The molecule has 3 aromatic rings. The molecule has 3 nitrogen and oxygen atoms in total. The van der Waals surface area contributed by atoms with Crippen LogP contribution in [0.5, 0.6) is 0 Å². The van der Waals surface area contributed by atoms with Crippen molar-refractivity contribution in [2.45, 2.75) is 18.9 Å². The number of Topliss-reactive ketones (excluding diaryl/α,β-unsaturated/α-hetero) is 1. The summed E-state index contributed by atoms with van der Waals surface area (Å²) < 4.78 is 27.1. The van der Waals surface area contributed by atoms with E-state index in [0.717, 1.165) is 16.7 Å². The van der Waals surface area contributed by atoms with Crippen molar-refractivity contribution in [3.63, 3.8) is 0 Å². The van der Waals surface area contributed by atoms with Crippen LogP contribution in [0, 0.1) is 28.9 Å². The lowest BCUT2D eigenvalue weighted by molar-refractivity contribution is -0.126. The van der Waals surface area contributed by atoms with Crippen molar-refractivity contribution >= 4 is 5.78 Å². The Labute approximate surface area is 180 Å². The normalized spacial score (nSPS) is 17.0. The number of hydrogen-bond donors (Lipinski definition) is 0. The van der Waals surface area contributed by atoms with Gasteiger partial charge in [-0.3, -0.25) is 9.69 Å². The predicted molar refractivity (Wildman–Crippen MR) is 114 cm³/mol. The van der Waals surface area contributed by atoms with E-state index in [9.17, 15) is 18.8 Å². The monoisotopic (exact) mass is 416 g/mol. The fourth-order valence-corrected chi connectivity index (χ4v) is 4.37. The highest BCUT2D eigenvalue weighted by atomic mass is 19.1. The number of nitrogens with zero attached hydrogens (tertiary/aromatic N) is 2. The van der Waals surface area contributed by atoms with Gasteiger partial charge in [-0.2, -0.15) is 5.26 Å². The van der Waals surface area contributed by atoms with Crippen LogP contribution in [0.1, 0.15) is 34.6 Å². The zero-order valence-electron chi connectivity index (χ0n) is 17.0. The van der Waals surface area contributed by atoms with Gasteiger partial charge in [-0.15, -0.1) is 0 Å². The number of likely N-dealkylation sites (tertiary alicyclic amines) is 1. The lowest BCUT2D eigenvalue weighted by Crippen LogP contribution is -2.43. The van der Waals surface area contributed by atoms with E-state index >= 15 is 0 Å². The third-order valence-electron chi connectivity index (χ3n) is 5.94. The summed E-state index contributed by atoms with van der Waals surface area (Å²) in [7, 11) is 0. The zero-order valence-corrected chi connectivity index (χ0v) is 17.0. The molecule has 0 radical (unpaired) electrons. The van der Waals surface area contributed by atoms with Crippen molar-refractivity contribution < 1.29 is 13.6 Å². The number of carbonyl (C=O) groups excluding carboxylic acids is 1. The quantitative estimate of drug-likeness (QED) is 0.584. The molecule has 156 valence electrons. The number of nitriles is 1. The highest BCUT2D eigenvalue weighted by molar-refractivity contribution is 5.83. The number of carbonyl (C=O) groups is 1. The topological polar surface area (TPSA) is 44.1 Å². The molecule has 31 heavy (non-hydrogen) atoms. The fraction of sp³-hybridized carbons (Fsp3) is 0.231. The highest BCUT2D eigenvalue weighted by Gasteiger charge is 2.35. The van der Waals surface area contributed by atoms with E-state index in [1.54, 1.807) is 30.3 Å². The number of hydrogen-bond acceptors (Lipinski definition) is 3. The molecule has 0 spiro atoms. The summed E-state index contributed by atoms with van der Waals surface area (Å²) in [6, 6.07) is 22.0. The first kappa shape index (κ1) is 20.9. The van der Waals surface area contributed by atoms with Gasteiger partial charge in [-0.25, -0.2) is 8.78 Å². The van der Waals surface area contributed by atoms with Gasteiger partial charge in [0.25, 0.3) is 0 Å². The van der Waals surface area contributed by atoms with Crippen molar-refractivity contribution in [2.24, 2.45) is 5.92 Å². The maximum Gasteiger partial charge on any atom is 0.139 e. The lowest BCUT2D eigenvalue weighted by atomic mass is 9.76. The first-order valence-corrected chi connectivity index (χ1v) is 10.3. The van der Waals surface area contributed by atoms with Gasteiger partial charge in [0.2, 0.25) is 0 Å². The van der Waals surface area contributed by atoms with Crippen molar-refractivity contribution in [2.75, 3.05) is 13.1 Å². The van der Waals surface area contributed by atoms with Gasteiger partial charge < -0.3 is 0 Å². The maximum absolute atomic E-state index is 13.5. The summed E-state index contributed by atoms with van der Waals surface area (Å²) in [5.74, 6) is -1.19. The van der Waals surface area contributed by atoms with Crippen LogP contribution in [0.2, 0.25) is 0 Å². The first-order chi connectivity index (χ1) is 15.0. The maximum atomic E-state index is 13.5. The Balaban J connectivity index is 1.66. The summed E-state index contributed by atoms with van der Waals surface area (Å²) in [5, 5.41) is 9.39. The predicted octanol–water partition coefficient (Wildman–Crippen LogP) is 5.06. The molecule has 1 unspecified atom stereocenters.